The maximum atomic E-state index is 15.8. The SMILES string of the molecule is C=C(NCc1ccc(-c2scnc2C)cc1)[C@@H]1C[C@@H](O)CN1C(=O)[C@@H](NC(=O)COCCN1CCN(c2ccc(-c3cnc4[nH]cc(C(=O)c5c(F)ccc(NS(=O)(=O)N6CC[C@@H](F)C6)c5F)c4c3)cc2)CC1)C(C)(C)C. The minimum absolute atomic E-state index is 0.00817. The van der Waals surface area contributed by atoms with Crippen LogP contribution >= 0.6 is 11.3 Å². The molecular formula is C55H63F3N10O7S2. The van der Waals surface area contributed by atoms with Crippen molar-refractivity contribution >= 4 is 61.6 Å². The van der Waals surface area contributed by atoms with Crippen LogP contribution in [0.3, 0.4) is 0 Å². The number of hydrogen-bond donors (Lipinski definition) is 5. The highest BCUT2D eigenvalue weighted by Gasteiger charge is 2.43. The molecule has 9 rings (SSSR count). The molecule has 0 spiro atoms. The van der Waals surface area contributed by atoms with Crippen molar-refractivity contribution in [3.8, 4) is 21.6 Å². The zero-order valence-electron chi connectivity index (χ0n) is 43.3. The number of hydrogen-bond acceptors (Lipinski definition) is 13. The predicted molar refractivity (Wildman–Crippen MR) is 290 cm³/mol. The Bertz CT molecular complexity index is 3250. The summed E-state index contributed by atoms with van der Waals surface area (Å²) in [6.45, 7) is 15.7. The van der Waals surface area contributed by atoms with Gasteiger partial charge in [0, 0.05) is 106 Å². The molecule has 3 aliphatic heterocycles. The van der Waals surface area contributed by atoms with Gasteiger partial charge in [-0.1, -0.05) is 63.7 Å². The summed E-state index contributed by atoms with van der Waals surface area (Å²) in [4.78, 5) is 60.2. The number of benzene rings is 3. The first-order chi connectivity index (χ1) is 36.7. The third-order valence-electron chi connectivity index (χ3n) is 14.4. The summed E-state index contributed by atoms with van der Waals surface area (Å²) < 4.78 is 79.1. The fourth-order valence-corrected chi connectivity index (χ4v) is 12.1. The molecule has 0 radical (unpaired) electrons. The number of halogens is 3. The predicted octanol–water partition coefficient (Wildman–Crippen LogP) is 6.81. The fraction of sp³-hybridized carbons (Fsp3) is 0.400. The second-order valence-corrected chi connectivity index (χ2v) is 23.3. The van der Waals surface area contributed by atoms with Gasteiger partial charge in [0.05, 0.1) is 46.1 Å². The third-order valence-corrected chi connectivity index (χ3v) is 16.8. The van der Waals surface area contributed by atoms with Gasteiger partial charge in [0.15, 0.2) is 5.82 Å². The summed E-state index contributed by atoms with van der Waals surface area (Å²) >= 11 is 1.60. The van der Waals surface area contributed by atoms with Crippen molar-refractivity contribution < 1.29 is 45.8 Å². The Balaban J connectivity index is 0.735. The smallest absolute Gasteiger partial charge is 0.301 e. The van der Waals surface area contributed by atoms with Gasteiger partial charge in [0.1, 0.15) is 30.3 Å². The number of fused-ring (bicyclic) bond motifs is 1. The van der Waals surface area contributed by atoms with E-state index >= 15 is 8.78 Å². The van der Waals surface area contributed by atoms with Gasteiger partial charge < -0.3 is 35.3 Å². The van der Waals surface area contributed by atoms with Gasteiger partial charge in [-0.05, 0) is 65.8 Å². The van der Waals surface area contributed by atoms with Crippen LogP contribution in [-0.2, 0) is 31.1 Å². The van der Waals surface area contributed by atoms with Crippen molar-refractivity contribution in [1.29, 1.82) is 0 Å². The average Bonchev–Trinajstić information content (AvgIpc) is 4.24. The number of carbonyl (C=O) groups is 3. The minimum Gasteiger partial charge on any atom is -0.391 e. The van der Waals surface area contributed by atoms with E-state index in [1.807, 2.05) is 74.3 Å². The Hall–Kier alpha value is -6.69. The molecule has 17 nitrogen and oxygen atoms in total. The monoisotopic (exact) mass is 1100 g/mol. The second kappa shape index (κ2) is 23.1. The van der Waals surface area contributed by atoms with Gasteiger partial charge >= 0.3 is 10.2 Å². The Morgan fingerprint density at radius 3 is 2.36 bits per heavy atom. The molecule has 3 fully saturated rings. The molecule has 0 aliphatic carbocycles. The van der Waals surface area contributed by atoms with Crippen molar-refractivity contribution in [3.63, 3.8) is 0 Å². The topological polar surface area (TPSA) is 205 Å². The lowest BCUT2D eigenvalue weighted by Gasteiger charge is -2.36. The number of aliphatic hydroxyl groups excluding tert-OH is 1. The molecule has 408 valence electrons. The first-order valence-corrected chi connectivity index (χ1v) is 27.8. The normalized spacial score (nSPS) is 18.9. The first kappa shape index (κ1) is 55.1. The third kappa shape index (κ3) is 12.5. The lowest BCUT2D eigenvalue weighted by atomic mass is 9.85. The Morgan fingerprint density at radius 2 is 1.69 bits per heavy atom. The Morgan fingerprint density at radius 1 is 0.961 bits per heavy atom. The van der Waals surface area contributed by atoms with E-state index in [1.165, 1.54) is 6.20 Å². The number of rotatable bonds is 19. The summed E-state index contributed by atoms with van der Waals surface area (Å²) in [5.41, 5.74) is 5.97. The number of pyridine rings is 1. The van der Waals surface area contributed by atoms with Crippen LogP contribution in [0, 0.1) is 24.0 Å². The molecule has 0 saturated carbocycles. The zero-order valence-corrected chi connectivity index (χ0v) is 45.0. The van der Waals surface area contributed by atoms with Gasteiger partial charge in [-0.15, -0.1) is 11.3 Å². The number of aliphatic hydroxyl groups is 1. The molecule has 3 aromatic carbocycles. The molecule has 0 unspecified atom stereocenters. The van der Waals surface area contributed by atoms with E-state index in [4.69, 9.17) is 4.74 Å². The average molecular weight is 1100 g/mol. The summed E-state index contributed by atoms with van der Waals surface area (Å²) in [7, 11) is -4.38. The second-order valence-electron chi connectivity index (χ2n) is 20.8. The number of piperazine rings is 1. The Kier molecular flexibility index (Phi) is 16.5. The Labute approximate surface area is 449 Å². The number of ketones is 1. The molecule has 3 aliphatic rings. The van der Waals surface area contributed by atoms with Crippen molar-refractivity contribution in [1.82, 2.24) is 39.7 Å². The number of aromatic nitrogens is 3. The van der Waals surface area contributed by atoms with Gasteiger partial charge in [0.2, 0.25) is 17.6 Å². The van der Waals surface area contributed by atoms with Gasteiger partial charge in [0.25, 0.3) is 0 Å². The first-order valence-electron chi connectivity index (χ1n) is 25.5. The number of aryl methyl sites for hydroxylation is 1. The van der Waals surface area contributed by atoms with E-state index in [1.54, 1.807) is 28.5 Å². The van der Waals surface area contributed by atoms with Crippen LogP contribution in [0.15, 0.2) is 96.9 Å². The number of ether oxygens (including phenoxy) is 1. The van der Waals surface area contributed by atoms with Crippen LogP contribution < -0.4 is 20.3 Å². The van der Waals surface area contributed by atoms with E-state index in [-0.39, 0.29) is 37.6 Å². The number of nitrogens with zero attached hydrogens (tertiary/aromatic N) is 6. The maximum absolute atomic E-state index is 15.8. The van der Waals surface area contributed by atoms with Gasteiger partial charge in [-0.2, -0.15) is 12.7 Å². The number of β-amino-alcohol motifs (C(OH)–C–C–N with tert-alkyl or cyclic N) is 1. The highest BCUT2D eigenvalue weighted by atomic mass is 32.2. The summed E-state index contributed by atoms with van der Waals surface area (Å²) in [5, 5.41) is 17.3. The maximum Gasteiger partial charge on any atom is 0.301 e. The largest absolute Gasteiger partial charge is 0.391 e. The molecule has 5 N–H and O–H groups in total. The van der Waals surface area contributed by atoms with E-state index < -0.39 is 81.1 Å². The van der Waals surface area contributed by atoms with E-state index in [2.05, 4.69) is 54.1 Å². The highest BCUT2D eigenvalue weighted by Crippen LogP contribution is 2.33. The quantitative estimate of drug-likeness (QED) is 0.0420. The molecule has 4 atom stereocenters. The molecule has 0 bridgehead atoms. The van der Waals surface area contributed by atoms with E-state index in [0.29, 0.717) is 48.4 Å². The minimum atomic E-state index is -4.38. The van der Waals surface area contributed by atoms with Gasteiger partial charge in [-0.3, -0.25) is 24.0 Å². The number of anilines is 2. The van der Waals surface area contributed by atoms with Crippen molar-refractivity contribution in [2.75, 3.05) is 75.2 Å². The van der Waals surface area contributed by atoms with Crippen molar-refractivity contribution in [2.45, 2.75) is 71.4 Å². The molecule has 3 aromatic heterocycles. The van der Waals surface area contributed by atoms with Crippen LogP contribution in [0.4, 0.5) is 24.5 Å². The van der Waals surface area contributed by atoms with Crippen LogP contribution in [-0.4, -0.2) is 150 Å². The molecule has 22 heteroatoms. The molecule has 3 saturated heterocycles. The number of aromatic amines is 1. The highest BCUT2D eigenvalue weighted by molar-refractivity contribution is 7.90. The number of likely N-dealkylation sites (tertiary alicyclic amines) is 1. The molecular weight excluding hydrogens is 1030 g/mol. The lowest BCUT2D eigenvalue weighted by Crippen LogP contribution is -2.57. The number of H-pyrrole nitrogens is 1. The molecule has 77 heavy (non-hydrogen) atoms. The molecule has 2 amide bonds. The van der Waals surface area contributed by atoms with E-state index in [0.717, 1.165) is 75.6 Å². The van der Waals surface area contributed by atoms with Crippen LogP contribution in [0.25, 0.3) is 32.6 Å². The summed E-state index contributed by atoms with van der Waals surface area (Å²) in [6.07, 6.45) is 1.14. The van der Waals surface area contributed by atoms with Crippen LogP contribution in [0.5, 0.6) is 0 Å². The summed E-state index contributed by atoms with van der Waals surface area (Å²) in [6, 6.07) is 18.0. The van der Waals surface area contributed by atoms with E-state index in [9.17, 15) is 32.3 Å². The number of nitrogens with one attached hydrogen (secondary N) is 4. The van der Waals surface area contributed by atoms with Gasteiger partial charge in [-0.25, -0.2) is 23.1 Å². The number of alkyl halides is 1. The molecule has 6 heterocycles. The number of thiazole rings is 1. The number of amides is 2. The standard InChI is InChI=1S/C55H63F3N10O7S2/c1-33(59-26-35-6-8-37(9-7-35)51-34(2)62-32-76-51)46-25-41(69)30-68(46)54(72)52(55(3,4)5)63-47(70)31-75-23-22-65-18-20-66(21-19-65)40-12-10-36(11-13-40)38-24-42-43(28-61-53(42)60-27-38)50(71)48-44(57)14-15-45(49(48)58)64-77(73,74)67-17-16-39(56)29-67/h6-15,24,27-28,32,39,41,46,52,59,64,69H,1,16-23,25-26,29-31H2,2-5H3,(H,60,61)(H,63,70)/t39-,41-,46+,52-/m1/s1. The molecule has 6 aromatic rings. The number of carbonyl (C=O) groups excluding carboxylic acids is 3. The van der Waals surface area contributed by atoms with Crippen molar-refractivity contribution in [2.24, 2.45) is 5.41 Å². The van der Waals surface area contributed by atoms with Crippen LogP contribution in [0.2, 0.25) is 0 Å². The lowest BCUT2D eigenvalue weighted by molar-refractivity contribution is -0.141. The van der Waals surface area contributed by atoms with Crippen LogP contribution in [0.1, 0.15) is 60.8 Å². The summed E-state index contributed by atoms with van der Waals surface area (Å²) in [5.74, 6) is -4.32. The zero-order chi connectivity index (χ0) is 54.8. The fourth-order valence-electron chi connectivity index (χ4n) is 9.98. The van der Waals surface area contributed by atoms with Crippen molar-refractivity contribution in [3.05, 3.63) is 131 Å².